The molecule has 0 bridgehead atoms. The Balaban J connectivity index is 2.74. The molecule has 0 aliphatic carbocycles. The van der Waals surface area contributed by atoms with Crippen molar-refractivity contribution in [1.29, 1.82) is 0 Å². The van der Waals surface area contributed by atoms with Crippen molar-refractivity contribution in [2.45, 2.75) is 72.0 Å². The lowest BCUT2D eigenvalue weighted by Gasteiger charge is -2.41. The smallest absolute Gasteiger partial charge is 0.317 e. The van der Waals surface area contributed by atoms with E-state index in [0.29, 0.717) is 38.4 Å². The largest absolute Gasteiger partial charge is 0.344 e. The van der Waals surface area contributed by atoms with Gasteiger partial charge in [-0.2, -0.15) is 0 Å². The van der Waals surface area contributed by atoms with Crippen molar-refractivity contribution in [3.05, 3.63) is 0 Å². The van der Waals surface area contributed by atoms with Crippen LogP contribution in [0.4, 0.5) is 4.79 Å². The number of rotatable bonds is 8. The van der Waals surface area contributed by atoms with Crippen LogP contribution < -0.4 is 10.6 Å². The number of nitrogens with zero attached hydrogens (tertiary/aromatic N) is 2. The van der Waals surface area contributed by atoms with E-state index in [2.05, 4.69) is 10.6 Å². The van der Waals surface area contributed by atoms with E-state index in [-0.39, 0.29) is 35.8 Å². The molecule has 1 heterocycles. The first kappa shape index (κ1) is 23.5. The zero-order valence-corrected chi connectivity index (χ0v) is 18.0. The second kappa shape index (κ2) is 11.4. The Kier molecular flexibility index (Phi) is 9.91. The molecule has 0 aromatic rings. The highest BCUT2D eigenvalue weighted by molar-refractivity contribution is 6.17. The minimum absolute atomic E-state index is 0.0371. The molecular weight excluding hydrogens is 368 g/mol. The Hall–Kier alpha value is -1.50. The van der Waals surface area contributed by atoms with Crippen LogP contribution in [0.3, 0.4) is 0 Å². The lowest BCUT2D eigenvalue weighted by molar-refractivity contribution is -0.140. The monoisotopic (exact) mass is 402 g/mol. The third-order valence-corrected chi connectivity index (χ3v) is 5.21. The van der Waals surface area contributed by atoms with Crippen LogP contribution >= 0.6 is 11.6 Å². The summed E-state index contributed by atoms with van der Waals surface area (Å²) in [6.07, 6.45) is 1.71. The molecule has 0 saturated carbocycles. The fourth-order valence-corrected chi connectivity index (χ4v) is 3.28. The van der Waals surface area contributed by atoms with Crippen molar-refractivity contribution >= 4 is 29.4 Å². The van der Waals surface area contributed by atoms with Gasteiger partial charge in [-0.15, -0.1) is 11.6 Å². The fraction of sp³-hybridized carbons (Fsp3) is 0.842. The van der Waals surface area contributed by atoms with Crippen molar-refractivity contribution in [2.75, 3.05) is 25.5 Å². The third-order valence-electron chi connectivity index (χ3n) is 4.95. The van der Waals surface area contributed by atoms with E-state index in [9.17, 15) is 14.4 Å². The van der Waals surface area contributed by atoms with Gasteiger partial charge >= 0.3 is 6.03 Å². The van der Waals surface area contributed by atoms with Crippen molar-refractivity contribution < 1.29 is 14.4 Å². The average molecular weight is 403 g/mol. The number of hydrogen-bond donors (Lipinski definition) is 2. The van der Waals surface area contributed by atoms with Gasteiger partial charge in [-0.3, -0.25) is 9.59 Å². The molecule has 2 N–H and O–H groups in total. The van der Waals surface area contributed by atoms with Crippen molar-refractivity contribution in [1.82, 2.24) is 20.4 Å². The Bertz CT molecular complexity index is 515. The standard InChI is InChI=1S/C19H35ClN4O3/c1-6-14(4)17(22-16(25)8-7-9-20)18(26)23-10-11-24(15(5)12-23)19(27)21-13(2)3/h13-15,17H,6-12H2,1-5H3,(H,21,27)(H,22,25). The van der Waals surface area contributed by atoms with Gasteiger partial charge in [0.25, 0.3) is 0 Å². The molecule has 0 radical (unpaired) electrons. The van der Waals surface area contributed by atoms with Gasteiger partial charge in [0, 0.05) is 44.0 Å². The second-order valence-corrected chi connectivity index (χ2v) is 8.03. The molecule has 8 heteroatoms. The van der Waals surface area contributed by atoms with E-state index in [0.717, 1.165) is 6.42 Å². The van der Waals surface area contributed by atoms with Crippen LogP contribution in [0.2, 0.25) is 0 Å². The molecule has 0 aromatic heterocycles. The van der Waals surface area contributed by atoms with E-state index < -0.39 is 6.04 Å². The normalized spacial score (nSPS) is 19.6. The predicted molar refractivity (Wildman–Crippen MR) is 108 cm³/mol. The molecule has 1 saturated heterocycles. The van der Waals surface area contributed by atoms with Gasteiger partial charge in [0.15, 0.2) is 0 Å². The number of hydrogen-bond acceptors (Lipinski definition) is 3. The highest BCUT2D eigenvalue weighted by Gasteiger charge is 2.35. The van der Waals surface area contributed by atoms with Crippen LogP contribution in [0.5, 0.6) is 0 Å². The summed E-state index contributed by atoms with van der Waals surface area (Å²) in [5.74, 6) is 0.250. The maximum atomic E-state index is 13.1. The molecule has 3 atom stereocenters. The van der Waals surface area contributed by atoms with Gasteiger partial charge < -0.3 is 20.4 Å². The topological polar surface area (TPSA) is 81.8 Å². The number of amides is 4. The minimum atomic E-state index is -0.541. The summed E-state index contributed by atoms with van der Waals surface area (Å²) in [5.41, 5.74) is 0. The van der Waals surface area contributed by atoms with Crippen molar-refractivity contribution in [3.63, 3.8) is 0 Å². The summed E-state index contributed by atoms with van der Waals surface area (Å²) < 4.78 is 0. The van der Waals surface area contributed by atoms with Gasteiger partial charge in [-0.1, -0.05) is 20.3 Å². The minimum Gasteiger partial charge on any atom is -0.344 e. The van der Waals surface area contributed by atoms with Gasteiger partial charge in [0.05, 0.1) is 0 Å². The lowest BCUT2D eigenvalue weighted by atomic mass is 9.97. The SMILES string of the molecule is CCC(C)C(NC(=O)CCCCl)C(=O)N1CCN(C(=O)NC(C)C)C(C)C1. The summed E-state index contributed by atoms with van der Waals surface area (Å²) in [4.78, 5) is 41.0. The van der Waals surface area contributed by atoms with Crippen LogP contribution in [0.15, 0.2) is 0 Å². The summed E-state index contributed by atoms with van der Waals surface area (Å²) in [7, 11) is 0. The molecule has 0 aromatic carbocycles. The van der Waals surface area contributed by atoms with E-state index >= 15 is 0 Å². The number of piperazine rings is 1. The summed E-state index contributed by atoms with van der Waals surface area (Å²) in [5, 5.41) is 5.79. The van der Waals surface area contributed by atoms with Gasteiger partial charge in [-0.05, 0) is 33.1 Å². The van der Waals surface area contributed by atoms with Crippen LogP contribution in [-0.4, -0.2) is 71.3 Å². The molecule has 1 fully saturated rings. The Morgan fingerprint density at radius 1 is 1.15 bits per heavy atom. The van der Waals surface area contributed by atoms with Crippen LogP contribution in [-0.2, 0) is 9.59 Å². The zero-order valence-electron chi connectivity index (χ0n) is 17.3. The molecule has 27 heavy (non-hydrogen) atoms. The van der Waals surface area contributed by atoms with E-state index in [1.54, 1.807) is 9.80 Å². The lowest BCUT2D eigenvalue weighted by Crippen LogP contribution is -2.61. The predicted octanol–water partition coefficient (Wildman–Crippen LogP) is 2.19. The Labute approximate surface area is 168 Å². The second-order valence-electron chi connectivity index (χ2n) is 7.65. The highest BCUT2D eigenvalue weighted by atomic mass is 35.5. The number of carbonyl (C=O) groups is 3. The first-order chi connectivity index (χ1) is 12.7. The van der Waals surface area contributed by atoms with E-state index in [1.807, 2.05) is 34.6 Å². The summed E-state index contributed by atoms with van der Waals surface area (Å²) >= 11 is 5.65. The van der Waals surface area contributed by atoms with Gasteiger partial charge in [0.1, 0.15) is 6.04 Å². The van der Waals surface area contributed by atoms with E-state index in [1.165, 1.54) is 0 Å². The van der Waals surface area contributed by atoms with Gasteiger partial charge in [-0.25, -0.2) is 4.79 Å². The molecule has 156 valence electrons. The van der Waals surface area contributed by atoms with Gasteiger partial charge in [0.2, 0.25) is 11.8 Å². The van der Waals surface area contributed by atoms with E-state index in [4.69, 9.17) is 11.6 Å². The van der Waals surface area contributed by atoms with Crippen molar-refractivity contribution in [3.8, 4) is 0 Å². The number of alkyl halides is 1. The van der Waals surface area contributed by atoms with Crippen LogP contribution in [0, 0.1) is 5.92 Å². The molecule has 0 spiro atoms. The molecule has 3 unspecified atom stereocenters. The molecular formula is C19H35ClN4O3. The highest BCUT2D eigenvalue weighted by Crippen LogP contribution is 2.16. The zero-order chi connectivity index (χ0) is 20.6. The number of nitrogens with one attached hydrogen (secondary N) is 2. The number of urea groups is 1. The average Bonchev–Trinajstić information content (AvgIpc) is 2.62. The fourth-order valence-electron chi connectivity index (χ4n) is 3.14. The van der Waals surface area contributed by atoms with Crippen molar-refractivity contribution in [2.24, 2.45) is 5.92 Å². The quantitative estimate of drug-likeness (QED) is 0.610. The maximum Gasteiger partial charge on any atom is 0.317 e. The molecule has 7 nitrogen and oxygen atoms in total. The number of halogens is 1. The summed E-state index contributed by atoms with van der Waals surface area (Å²) in [6.45, 7) is 11.2. The molecule has 1 rings (SSSR count). The molecule has 1 aliphatic heterocycles. The maximum absolute atomic E-state index is 13.1. The molecule has 1 aliphatic rings. The van der Waals surface area contributed by atoms with Crippen LogP contribution in [0.25, 0.3) is 0 Å². The first-order valence-electron chi connectivity index (χ1n) is 9.92. The first-order valence-corrected chi connectivity index (χ1v) is 10.5. The Morgan fingerprint density at radius 3 is 2.33 bits per heavy atom. The third kappa shape index (κ3) is 7.20. The molecule has 4 amide bonds. The summed E-state index contributed by atoms with van der Waals surface area (Å²) in [6, 6.07) is -0.646. The van der Waals surface area contributed by atoms with Crippen LogP contribution in [0.1, 0.15) is 53.9 Å². The Morgan fingerprint density at radius 2 is 1.81 bits per heavy atom. The number of carbonyl (C=O) groups excluding carboxylic acids is 3.